The second kappa shape index (κ2) is 5.00. The number of ether oxygens (including phenoxy) is 1. The Labute approximate surface area is 107 Å². The van der Waals surface area contributed by atoms with Gasteiger partial charge in [0.25, 0.3) is 0 Å². The van der Waals surface area contributed by atoms with Crippen LogP contribution >= 0.6 is 23.2 Å². The molecule has 84 valence electrons. The Morgan fingerprint density at radius 2 is 2.06 bits per heavy atom. The van der Waals surface area contributed by atoms with E-state index in [1.807, 2.05) is 6.07 Å². The molecule has 0 aliphatic heterocycles. The number of nitrogens with zero attached hydrogens (tertiary/aromatic N) is 3. The van der Waals surface area contributed by atoms with Crippen molar-refractivity contribution in [3.63, 3.8) is 0 Å². The number of rotatable bonds is 2. The van der Waals surface area contributed by atoms with E-state index in [4.69, 9.17) is 33.2 Å². The summed E-state index contributed by atoms with van der Waals surface area (Å²) in [5.41, 5.74) is 0.222. The van der Waals surface area contributed by atoms with Crippen molar-refractivity contribution in [3.8, 4) is 17.8 Å². The molecule has 0 unspecified atom stereocenters. The number of hydrogen-bond donors (Lipinski definition) is 0. The predicted octanol–water partition coefficient (Wildman–Crippen LogP) is 3.45. The molecule has 0 saturated carbocycles. The van der Waals surface area contributed by atoms with Crippen LogP contribution in [0.15, 0.2) is 30.5 Å². The number of nitriles is 1. The van der Waals surface area contributed by atoms with Crippen molar-refractivity contribution in [1.82, 2.24) is 9.97 Å². The van der Waals surface area contributed by atoms with Gasteiger partial charge in [0.2, 0.25) is 0 Å². The molecule has 0 aliphatic carbocycles. The third kappa shape index (κ3) is 2.84. The molecular formula is C11H5Cl2N3O. The highest BCUT2D eigenvalue weighted by Gasteiger charge is 2.06. The van der Waals surface area contributed by atoms with Crippen LogP contribution in [0.1, 0.15) is 5.69 Å². The Balaban J connectivity index is 2.28. The molecule has 0 spiro atoms. The van der Waals surface area contributed by atoms with Gasteiger partial charge in [0, 0.05) is 11.2 Å². The predicted molar refractivity (Wildman–Crippen MR) is 63.3 cm³/mol. The van der Waals surface area contributed by atoms with Crippen LogP contribution in [0.25, 0.3) is 0 Å². The number of halogens is 2. The molecule has 0 atom stereocenters. The average Bonchev–Trinajstić information content (AvgIpc) is 2.33. The monoisotopic (exact) mass is 265 g/mol. The van der Waals surface area contributed by atoms with Crippen molar-refractivity contribution >= 4 is 23.2 Å². The van der Waals surface area contributed by atoms with Gasteiger partial charge in [0.15, 0.2) is 0 Å². The minimum absolute atomic E-state index is 0.0632. The van der Waals surface area contributed by atoms with Gasteiger partial charge in [-0.05, 0) is 24.3 Å². The van der Waals surface area contributed by atoms with E-state index in [1.54, 1.807) is 18.2 Å². The topological polar surface area (TPSA) is 58.8 Å². The molecular weight excluding hydrogens is 261 g/mol. The van der Waals surface area contributed by atoms with Crippen LogP contribution in [-0.4, -0.2) is 9.97 Å². The summed E-state index contributed by atoms with van der Waals surface area (Å²) in [6.07, 6.45) is 1.44. The van der Waals surface area contributed by atoms with Crippen molar-refractivity contribution in [2.75, 3.05) is 0 Å². The van der Waals surface area contributed by atoms with E-state index < -0.39 is 0 Å². The van der Waals surface area contributed by atoms with Crippen LogP contribution in [-0.2, 0) is 0 Å². The number of benzene rings is 1. The van der Waals surface area contributed by atoms with E-state index >= 15 is 0 Å². The summed E-state index contributed by atoms with van der Waals surface area (Å²) in [4.78, 5) is 7.73. The molecule has 0 aliphatic rings. The van der Waals surface area contributed by atoms with E-state index in [2.05, 4.69) is 9.97 Å². The quantitative estimate of drug-likeness (QED) is 0.835. The molecule has 6 heteroatoms. The first-order valence-electron chi connectivity index (χ1n) is 4.55. The summed E-state index contributed by atoms with van der Waals surface area (Å²) in [6.45, 7) is 0. The molecule has 0 amide bonds. The zero-order valence-corrected chi connectivity index (χ0v) is 9.90. The average molecular weight is 266 g/mol. The zero-order valence-electron chi connectivity index (χ0n) is 8.39. The molecule has 1 aromatic heterocycles. The van der Waals surface area contributed by atoms with Gasteiger partial charge in [0.1, 0.15) is 17.5 Å². The van der Waals surface area contributed by atoms with Crippen molar-refractivity contribution in [1.29, 1.82) is 5.26 Å². The zero-order chi connectivity index (χ0) is 12.3. The third-order valence-corrected chi connectivity index (χ3v) is 2.37. The molecule has 4 nitrogen and oxygen atoms in total. The largest absolute Gasteiger partial charge is 0.423 e. The number of hydrogen-bond acceptors (Lipinski definition) is 4. The highest BCUT2D eigenvalue weighted by Crippen LogP contribution is 2.30. The first-order chi connectivity index (χ1) is 8.19. The normalized spacial score (nSPS) is 9.71. The fraction of sp³-hybridized carbons (Fsp3) is 0. The van der Waals surface area contributed by atoms with Crippen molar-refractivity contribution in [2.45, 2.75) is 0 Å². The summed E-state index contributed by atoms with van der Waals surface area (Å²) in [6, 6.07) is 8.23. The Morgan fingerprint density at radius 1 is 1.24 bits per heavy atom. The number of aromatic nitrogens is 2. The molecule has 2 aromatic rings. The Morgan fingerprint density at radius 3 is 2.76 bits per heavy atom. The molecule has 0 radical (unpaired) electrons. The Kier molecular flexibility index (Phi) is 3.43. The van der Waals surface area contributed by atoms with Gasteiger partial charge in [-0.25, -0.2) is 4.98 Å². The highest BCUT2D eigenvalue weighted by atomic mass is 35.5. The molecule has 1 aromatic carbocycles. The second-order valence-corrected chi connectivity index (χ2v) is 3.86. The summed E-state index contributed by atoms with van der Waals surface area (Å²) >= 11 is 11.7. The van der Waals surface area contributed by atoms with Gasteiger partial charge in [-0.2, -0.15) is 10.2 Å². The van der Waals surface area contributed by atoms with Crippen molar-refractivity contribution < 1.29 is 4.74 Å². The van der Waals surface area contributed by atoms with E-state index in [-0.39, 0.29) is 11.7 Å². The molecule has 0 bridgehead atoms. The van der Waals surface area contributed by atoms with Gasteiger partial charge in [-0.3, -0.25) is 0 Å². The van der Waals surface area contributed by atoms with Crippen molar-refractivity contribution in [3.05, 3.63) is 46.2 Å². The van der Waals surface area contributed by atoms with Crippen LogP contribution < -0.4 is 4.74 Å². The maximum atomic E-state index is 8.68. The fourth-order valence-corrected chi connectivity index (χ4v) is 1.56. The fourth-order valence-electron chi connectivity index (χ4n) is 1.11. The lowest BCUT2D eigenvalue weighted by Crippen LogP contribution is -1.93. The SMILES string of the molecule is N#Cc1ccnc(Oc2ccc(Cl)cc2Cl)n1. The van der Waals surface area contributed by atoms with Crippen molar-refractivity contribution in [2.24, 2.45) is 0 Å². The molecule has 2 rings (SSSR count). The lowest BCUT2D eigenvalue weighted by Gasteiger charge is -2.05. The molecule has 17 heavy (non-hydrogen) atoms. The maximum Gasteiger partial charge on any atom is 0.323 e. The molecule has 0 saturated heterocycles. The minimum Gasteiger partial charge on any atom is -0.423 e. The van der Waals surface area contributed by atoms with Gasteiger partial charge in [0.05, 0.1) is 5.02 Å². The molecule has 0 fully saturated rings. The van der Waals surface area contributed by atoms with E-state index in [1.165, 1.54) is 12.3 Å². The van der Waals surface area contributed by atoms with Crippen LogP contribution in [0, 0.1) is 11.3 Å². The minimum atomic E-state index is 0.0632. The van der Waals surface area contributed by atoms with Gasteiger partial charge < -0.3 is 4.74 Å². The molecule has 1 heterocycles. The standard InChI is InChI=1S/C11H5Cl2N3O/c12-7-1-2-10(9(13)5-7)17-11-15-4-3-8(6-14)16-11/h1-5H. The van der Waals surface area contributed by atoms with E-state index in [0.717, 1.165) is 0 Å². The maximum absolute atomic E-state index is 8.68. The highest BCUT2D eigenvalue weighted by molar-refractivity contribution is 6.35. The van der Waals surface area contributed by atoms with Gasteiger partial charge in [-0.15, -0.1) is 0 Å². The Hall–Kier alpha value is -1.83. The van der Waals surface area contributed by atoms with Crippen LogP contribution in [0.4, 0.5) is 0 Å². The lowest BCUT2D eigenvalue weighted by atomic mass is 10.3. The Bertz CT molecular complexity index is 596. The van der Waals surface area contributed by atoms with Crippen LogP contribution in [0.2, 0.25) is 10.0 Å². The van der Waals surface area contributed by atoms with E-state index in [9.17, 15) is 0 Å². The van der Waals surface area contributed by atoms with Crippen LogP contribution in [0.5, 0.6) is 11.8 Å². The first-order valence-corrected chi connectivity index (χ1v) is 5.30. The summed E-state index contributed by atoms with van der Waals surface area (Å²) in [5, 5.41) is 9.54. The molecule has 0 N–H and O–H groups in total. The van der Waals surface area contributed by atoms with Gasteiger partial charge in [-0.1, -0.05) is 23.2 Å². The van der Waals surface area contributed by atoms with Crippen LogP contribution in [0.3, 0.4) is 0 Å². The van der Waals surface area contributed by atoms with Gasteiger partial charge >= 0.3 is 6.01 Å². The summed E-state index contributed by atoms with van der Waals surface area (Å²) in [5.74, 6) is 0.381. The second-order valence-electron chi connectivity index (χ2n) is 3.01. The van der Waals surface area contributed by atoms with E-state index in [0.29, 0.717) is 15.8 Å². The third-order valence-electron chi connectivity index (χ3n) is 1.84. The summed E-state index contributed by atoms with van der Waals surface area (Å²) < 4.78 is 5.34. The smallest absolute Gasteiger partial charge is 0.323 e. The first kappa shape index (κ1) is 11.6. The lowest BCUT2D eigenvalue weighted by molar-refractivity contribution is 0.441. The summed E-state index contributed by atoms with van der Waals surface area (Å²) in [7, 11) is 0.